The summed E-state index contributed by atoms with van der Waals surface area (Å²) in [4.78, 5) is 4.25. The molecule has 2 N–H and O–H groups in total. The average Bonchev–Trinajstić information content (AvgIpc) is 2.71. The number of nitrogens with zero attached hydrogens (tertiary/aromatic N) is 1. The number of hydrogen-bond acceptors (Lipinski definition) is 4. The molecule has 0 atom stereocenters. The third-order valence-corrected chi connectivity index (χ3v) is 3.76. The second kappa shape index (κ2) is 15.0. The topological polar surface area (TPSA) is 64.1 Å². The Bertz CT molecular complexity index is 684. The van der Waals surface area contributed by atoms with Gasteiger partial charge in [-0.1, -0.05) is 30.3 Å². The predicted octanol–water partition coefficient (Wildman–Crippen LogP) is 3.46. The van der Waals surface area contributed by atoms with Gasteiger partial charge in [0.15, 0.2) is 5.96 Å². The van der Waals surface area contributed by atoms with E-state index in [-0.39, 0.29) is 24.0 Å². The Morgan fingerprint density at radius 1 is 0.893 bits per heavy atom. The minimum Gasteiger partial charge on any atom is -0.494 e. The molecular weight excluding hydrogens is 469 g/mol. The lowest BCUT2D eigenvalue weighted by Gasteiger charge is -2.13. The zero-order valence-electron chi connectivity index (χ0n) is 16.5. The first-order valence-corrected chi connectivity index (χ1v) is 9.15. The SMILES string of the molecule is CN=C(NCCCOc1ccccc1)NCc1cccc(OCCOC)c1.I. The van der Waals surface area contributed by atoms with Gasteiger partial charge in [-0.2, -0.15) is 0 Å². The van der Waals surface area contributed by atoms with Crippen LogP contribution in [0, 0.1) is 0 Å². The van der Waals surface area contributed by atoms with Crippen molar-refractivity contribution in [2.75, 3.05) is 40.5 Å². The van der Waals surface area contributed by atoms with Crippen molar-refractivity contribution in [3.63, 3.8) is 0 Å². The highest BCUT2D eigenvalue weighted by Crippen LogP contribution is 2.13. The molecule has 0 aliphatic carbocycles. The number of benzene rings is 2. The van der Waals surface area contributed by atoms with Crippen molar-refractivity contribution in [1.82, 2.24) is 10.6 Å². The fraction of sp³-hybridized carbons (Fsp3) is 0.381. The molecule has 28 heavy (non-hydrogen) atoms. The molecule has 0 unspecified atom stereocenters. The van der Waals surface area contributed by atoms with Crippen LogP contribution in [0.2, 0.25) is 0 Å². The van der Waals surface area contributed by atoms with E-state index in [9.17, 15) is 0 Å². The van der Waals surface area contributed by atoms with Gasteiger partial charge < -0.3 is 24.8 Å². The van der Waals surface area contributed by atoms with E-state index in [0.717, 1.165) is 36.0 Å². The molecule has 0 bridgehead atoms. The third kappa shape index (κ3) is 9.80. The van der Waals surface area contributed by atoms with Gasteiger partial charge in [0, 0.05) is 27.2 Å². The van der Waals surface area contributed by atoms with Crippen molar-refractivity contribution in [3.05, 3.63) is 60.2 Å². The third-order valence-electron chi connectivity index (χ3n) is 3.76. The lowest BCUT2D eigenvalue weighted by atomic mass is 10.2. The van der Waals surface area contributed by atoms with Crippen LogP contribution in [-0.4, -0.2) is 46.5 Å². The molecule has 0 saturated carbocycles. The summed E-state index contributed by atoms with van der Waals surface area (Å²) in [6, 6.07) is 17.8. The van der Waals surface area contributed by atoms with Crippen LogP contribution >= 0.6 is 24.0 Å². The van der Waals surface area contributed by atoms with Crippen LogP contribution < -0.4 is 20.1 Å². The Morgan fingerprint density at radius 2 is 1.64 bits per heavy atom. The highest BCUT2D eigenvalue weighted by molar-refractivity contribution is 14.0. The molecule has 0 heterocycles. The van der Waals surface area contributed by atoms with Gasteiger partial charge in [0.1, 0.15) is 18.1 Å². The number of ether oxygens (including phenoxy) is 3. The molecule has 2 aromatic rings. The monoisotopic (exact) mass is 499 g/mol. The standard InChI is InChI=1S/C21H29N3O3.HI/c1-22-21(23-12-7-13-26-19-9-4-3-5-10-19)24-17-18-8-6-11-20(16-18)27-15-14-25-2;/h3-6,8-11,16H,7,12-15,17H2,1-2H3,(H2,22,23,24);1H. The number of halogens is 1. The molecule has 0 saturated heterocycles. The number of para-hydroxylation sites is 1. The van der Waals surface area contributed by atoms with Crippen molar-refractivity contribution in [2.24, 2.45) is 4.99 Å². The van der Waals surface area contributed by atoms with Gasteiger partial charge in [-0.05, 0) is 36.2 Å². The molecule has 0 aliphatic heterocycles. The van der Waals surface area contributed by atoms with Gasteiger partial charge in [-0.15, -0.1) is 24.0 Å². The highest BCUT2D eigenvalue weighted by atomic mass is 127. The molecule has 2 aromatic carbocycles. The van der Waals surface area contributed by atoms with Gasteiger partial charge in [-0.25, -0.2) is 0 Å². The summed E-state index contributed by atoms with van der Waals surface area (Å²) >= 11 is 0. The molecule has 0 aliphatic rings. The molecule has 0 aromatic heterocycles. The minimum absolute atomic E-state index is 0. The molecule has 0 spiro atoms. The lowest BCUT2D eigenvalue weighted by Crippen LogP contribution is -2.37. The highest BCUT2D eigenvalue weighted by Gasteiger charge is 2.01. The fourth-order valence-corrected chi connectivity index (χ4v) is 2.38. The number of rotatable bonds is 11. The first kappa shape index (κ1) is 24.0. The van der Waals surface area contributed by atoms with Crippen LogP contribution in [0.4, 0.5) is 0 Å². The molecule has 2 rings (SSSR count). The molecule has 0 radical (unpaired) electrons. The van der Waals surface area contributed by atoms with Crippen LogP contribution in [0.1, 0.15) is 12.0 Å². The van der Waals surface area contributed by atoms with Crippen LogP contribution in [0.25, 0.3) is 0 Å². The first-order chi connectivity index (χ1) is 13.3. The Balaban J connectivity index is 0.00000392. The van der Waals surface area contributed by atoms with Crippen molar-refractivity contribution in [3.8, 4) is 11.5 Å². The summed E-state index contributed by atoms with van der Waals surface area (Å²) in [6.45, 7) is 3.23. The van der Waals surface area contributed by atoms with E-state index in [0.29, 0.717) is 26.4 Å². The Kier molecular flexibility index (Phi) is 12.9. The zero-order valence-corrected chi connectivity index (χ0v) is 18.8. The summed E-state index contributed by atoms with van der Waals surface area (Å²) < 4.78 is 16.3. The summed E-state index contributed by atoms with van der Waals surface area (Å²) in [5, 5.41) is 6.60. The molecule has 7 heteroatoms. The fourth-order valence-electron chi connectivity index (χ4n) is 2.38. The molecular formula is C21H30IN3O3. The van der Waals surface area contributed by atoms with Crippen molar-refractivity contribution in [1.29, 1.82) is 0 Å². The Morgan fingerprint density at radius 3 is 2.39 bits per heavy atom. The maximum Gasteiger partial charge on any atom is 0.191 e. The number of nitrogens with one attached hydrogen (secondary N) is 2. The van der Waals surface area contributed by atoms with E-state index in [1.165, 1.54) is 0 Å². The van der Waals surface area contributed by atoms with E-state index in [1.54, 1.807) is 14.2 Å². The summed E-state index contributed by atoms with van der Waals surface area (Å²) in [5.74, 6) is 2.50. The van der Waals surface area contributed by atoms with Gasteiger partial charge in [0.05, 0.1) is 13.2 Å². The normalized spacial score (nSPS) is 10.7. The first-order valence-electron chi connectivity index (χ1n) is 9.15. The van der Waals surface area contributed by atoms with Crippen LogP contribution in [-0.2, 0) is 11.3 Å². The molecule has 0 amide bonds. The summed E-state index contributed by atoms with van der Waals surface area (Å²) in [6.07, 6.45) is 0.887. The van der Waals surface area contributed by atoms with Crippen molar-refractivity contribution < 1.29 is 14.2 Å². The largest absolute Gasteiger partial charge is 0.494 e. The summed E-state index contributed by atoms with van der Waals surface area (Å²) in [5.41, 5.74) is 1.13. The average molecular weight is 499 g/mol. The van der Waals surface area contributed by atoms with E-state index in [2.05, 4.69) is 21.7 Å². The summed E-state index contributed by atoms with van der Waals surface area (Å²) in [7, 11) is 3.43. The smallest absolute Gasteiger partial charge is 0.191 e. The Labute approximate surface area is 184 Å². The van der Waals surface area contributed by atoms with Gasteiger partial charge in [0.2, 0.25) is 0 Å². The van der Waals surface area contributed by atoms with Crippen molar-refractivity contribution in [2.45, 2.75) is 13.0 Å². The van der Waals surface area contributed by atoms with Crippen LogP contribution in [0.3, 0.4) is 0 Å². The maximum atomic E-state index is 5.68. The van der Waals surface area contributed by atoms with Gasteiger partial charge >= 0.3 is 0 Å². The number of methoxy groups -OCH3 is 1. The van der Waals surface area contributed by atoms with E-state index >= 15 is 0 Å². The second-order valence-corrected chi connectivity index (χ2v) is 5.86. The second-order valence-electron chi connectivity index (χ2n) is 5.86. The van der Waals surface area contributed by atoms with E-state index < -0.39 is 0 Å². The van der Waals surface area contributed by atoms with Gasteiger partial charge in [-0.3, -0.25) is 4.99 Å². The molecule has 0 fully saturated rings. The Hall–Kier alpha value is -2.00. The maximum absolute atomic E-state index is 5.68. The predicted molar refractivity (Wildman–Crippen MR) is 124 cm³/mol. The van der Waals surface area contributed by atoms with E-state index in [4.69, 9.17) is 14.2 Å². The quantitative estimate of drug-likeness (QED) is 0.215. The van der Waals surface area contributed by atoms with E-state index in [1.807, 2.05) is 48.5 Å². The molecule has 6 nitrogen and oxygen atoms in total. The number of hydrogen-bond donors (Lipinski definition) is 2. The van der Waals surface area contributed by atoms with Gasteiger partial charge in [0.25, 0.3) is 0 Å². The molecule has 154 valence electrons. The number of aliphatic imine (C=N–C) groups is 1. The van der Waals surface area contributed by atoms with Crippen molar-refractivity contribution >= 4 is 29.9 Å². The minimum atomic E-state index is 0. The van der Waals surface area contributed by atoms with Crippen LogP contribution in [0.15, 0.2) is 59.6 Å². The number of guanidine groups is 1. The van der Waals surface area contributed by atoms with Crippen LogP contribution in [0.5, 0.6) is 11.5 Å². The zero-order chi connectivity index (χ0) is 19.2. The lowest BCUT2D eigenvalue weighted by molar-refractivity contribution is 0.146.